The lowest BCUT2D eigenvalue weighted by Gasteiger charge is -2.04. The van der Waals surface area contributed by atoms with Crippen LogP contribution in [0.5, 0.6) is 0 Å². The zero-order valence-corrected chi connectivity index (χ0v) is 13.6. The minimum absolute atomic E-state index is 0.137. The van der Waals surface area contributed by atoms with Crippen LogP contribution in [0.2, 0.25) is 0 Å². The molecular formula is C17H17FN2O2S. The van der Waals surface area contributed by atoms with Crippen LogP contribution in [0, 0.1) is 12.7 Å². The van der Waals surface area contributed by atoms with Crippen LogP contribution in [0.3, 0.4) is 0 Å². The van der Waals surface area contributed by atoms with Crippen molar-refractivity contribution < 1.29 is 12.8 Å². The number of nitrogens with zero attached hydrogens (tertiary/aromatic N) is 1. The summed E-state index contributed by atoms with van der Waals surface area (Å²) in [6.45, 7) is 3.49. The summed E-state index contributed by atoms with van der Waals surface area (Å²) in [6.07, 6.45) is 3.07. The number of nitrogens with one attached hydrogen (secondary N) is 1. The van der Waals surface area contributed by atoms with E-state index in [1.54, 1.807) is 37.3 Å². The molecule has 4 nitrogen and oxygen atoms in total. The lowest BCUT2D eigenvalue weighted by Crippen LogP contribution is -2.19. The molecule has 0 amide bonds. The standard InChI is InChI=1S/C17H17FN2O2S/c1-13-7-11-16(12-8-13)23(21,22)20-19-14(2)9-10-15-5-3-4-6-17(15)18/h3-12,20H,1-2H3/b10-9+,19-14+. The van der Waals surface area contributed by atoms with Crippen LogP contribution in [-0.2, 0) is 10.0 Å². The third-order valence-corrected chi connectivity index (χ3v) is 4.31. The van der Waals surface area contributed by atoms with E-state index in [0.717, 1.165) is 5.56 Å². The Kier molecular flexibility index (Phi) is 5.28. The Morgan fingerprint density at radius 1 is 1.13 bits per heavy atom. The molecule has 2 aromatic rings. The molecule has 0 spiro atoms. The van der Waals surface area contributed by atoms with Crippen LogP contribution < -0.4 is 4.83 Å². The maximum atomic E-state index is 13.5. The Labute approximate surface area is 135 Å². The van der Waals surface area contributed by atoms with E-state index < -0.39 is 10.0 Å². The number of halogens is 1. The summed E-state index contributed by atoms with van der Waals surface area (Å²) < 4.78 is 37.6. The van der Waals surface area contributed by atoms with Crippen LogP contribution in [-0.4, -0.2) is 14.1 Å². The summed E-state index contributed by atoms with van der Waals surface area (Å²) in [4.78, 5) is 2.30. The van der Waals surface area contributed by atoms with E-state index in [1.807, 2.05) is 6.92 Å². The van der Waals surface area contributed by atoms with Crippen molar-refractivity contribution in [3.05, 3.63) is 71.6 Å². The maximum absolute atomic E-state index is 13.5. The van der Waals surface area contributed by atoms with Gasteiger partial charge in [0.2, 0.25) is 0 Å². The van der Waals surface area contributed by atoms with Gasteiger partial charge in [0.25, 0.3) is 10.0 Å². The SMILES string of the molecule is CC(/C=C/c1ccccc1F)=N\NS(=O)(=O)c1ccc(C)cc1. The Hall–Kier alpha value is -2.47. The fourth-order valence-electron chi connectivity index (χ4n) is 1.76. The van der Waals surface area contributed by atoms with Gasteiger partial charge in [-0.2, -0.15) is 18.4 Å². The van der Waals surface area contributed by atoms with Crippen molar-refractivity contribution in [1.29, 1.82) is 0 Å². The van der Waals surface area contributed by atoms with Gasteiger partial charge in [0, 0.05) is 5.56 Å². The molecule has 0 unspecified atom stereocenters. The predicted molar refractivity (Wildman–Crippen MR) is 90.0 cm³/mol. The number of aryl methyl sites for hydroxylation is 1. The number of hydrogen-bond acceptors (Lipinski definition) is 3. The molecule has 120 valence electrons. The highest BCUT2D eigenvalue weighted by molar-refractivity contribution is 7.89. The first kappa shape index (κ1) is 16.9. The summed E-state index contributed by atoms with van der Waals surface area (Å²) >= 11 is 0. The molecule has 0 aromatic heterocycles. The van der Waals surface area contributed by atoms with Crippen molar-refractivity contribution in [3.8, 4) is 0 Å². The van der Waals surface area contributed by atoms with Crippen molar-refractivity contribution in [2.24, 2.45) is 5.10 Å². The van der Waals surface area contributed by atoms with Crippen molar-refractivity contribution in [2.45, 2.75) is 18.7 Å². The van der Waals surface area contributed by atoms with Crippen molar-refractivity contribution in [1.82, 2.24) is 4.83 Å². The van der Waals surface area contributed by atoms with Gasteiger partial charge in [0.05, 0.1) is 10.6 Å². The molecule has 0 radical (unpaired) electrons. The van der Waals surface area contributed by atoms with Gasteiger partial charge < -0.3 is 0 Å². The average Bonchev–Trinajstić information content (AvgIpc) is 2.53. The maximum Gasteiger partial charge on any atom is 0.276 e. The zero-order chi connectivity index (χ0) is 16.9. The number of benzene rings is 2. The smallest absolute Gasteiger partial charge is 0.206 e. The molecule has 0 fully saturated rings. The molecule has 0 atom stereocenters. The second-order valence-electron chi connectivity index (χ2n) is 5.02. The summed E-state index contributed by atoms with van der Waals surface area (Å²) in [5, 5.41) is 3.81. The summed E-state index contributed by atoms with van der Waals surface area (Å²) in [6, 6.07) is 12.7. The van der Waals surface area contributed by atoms with E-state index in [9.17, 15) is 12.8 Å². The van der Waals surface area contributed by atoms with Crippen molar-refractivity contribution in [2.75, 3.05) is 0 Å². The lowest BCUT2D eigenvalue weighted by atomic mass is 10.2. The van der Waals surface area contributed by atoms with Crippen LogP contribution >= 0.6 is 0 Å². The molecule has 2 aromatic carbocycles. The van der Waals surface area contributed by atoms with E-state index in [1.165, 1.54) is 30.4 Å². The number of rotatable bonds is 5. The second-order valence-corrected chi connectivity index (χ2v) is 6.68. The van der Waals surface area contributed by atoms with E-state index in [0.29, 0.717) is 11.3 Å². The molecule has 6 heteroatoms. The molecule has 1 N–H and O–H groups in total. The van der Waals surface area contributed by atoms with E-state index in [2.05, 4.69) is 9.93 Å². The summed E-state index contributed by atoms with van der Waals surface area (Å²) in [7, 11) is -3.71. The van der Waals surface area contributed by atoms with Crippen LogP contribution in [0.4, 0.5) is 4.39 Å². The number of hydrogen-bond donors (Lipinski definition) is 1. The molecule has 23 heavy (non-hydrogen) atoms. The summed E-state index contributed by atoms with van der Waals surface area (Å²) in [5.41, 5.74) is 1.78. The first-order valence-electron chi connectivity index (χ1n) is 6.94. The molecule has 2 rings (SSSR count). The van der Waals surface area contributed by atoms with Gasteiger partial charge in [0.1, 0.15) is 5.82 Å². The van der Waals surface area contributed by atoms with Gasteiger partial charge in [-0.05, 0) is 38.1 Å². The Morgan fingerprint density at radius 2 is 1.78 bits per heavy atom. The van der Waals surface area contributed by atoms with E-state index in [-0.39, 0.29) is 10.7 Å². The Balaban J connectivity index is 2.10. The second kappa shape index (κ2) is 7.19. The molecule has 0 saturated heterocycles. The molecule has 0 aliphatic carbocycles. The molecule has 0 heterocycles. The largest absolute Gasteiger partial charge is 0.276 e. The monoisotopic (exact) mass is 332 g/mol. The highest BCUT2D eigenvalue weighted by atomic mass is 32.2. The van der Waals surface area contributed by atoms with Gasteiger partial charge in [-0.25, -0.2) is 4.39 Å². The van der Waals surface area contributed by atoms with Gasteiger partial charge in [-0.3, -0.25) is 0 Å². The predicted octanol–water partition coefficient (Wildman–Crippen LogP) is 3.50. The lowest BCUT2D eigenvalue weighted by molar-refractivity contribution is 0.584. The van der Waals surface area contributed by atoms with Gasteiger partial charge in [-0.1, -0.05) is 42.0 Å². The van der Waals surface area contributed by atoms with E-state index in [4.69, 9.17) is 0 Å². The number of allylic oxidation sites excluding steroid dienone is 1. The quantitative estimate of drug-likeness (QED) is 0.673. The third-order valence-electron chi connectivity index (χ3n) is 3.08. The van der Waals surface area contributed by atoms with Gasteiger partial charge >= 0.3 is 0 Å². The molecule has 0 bridgehead atoms. The van der Waals surface area contributed by atoms with Crippen LogP contribution in [0.15, 0.2) is 64.6 Å². The topological polar surface area (TPSA) is 58.5 Å². The Morgan fingerprint density at radius 3 is 2.43 bits per heavy atom. The zero-order valence-electron chi connectivity index (χ0n) is 12.8. The Bertz CT molecular complexity index is 841. The van der Waals surface area contributed by atoms with E-state index >= 15 is 0 Å². The van der Waals surface area contributed by atoms with Crippen LogP contribution in [0.1, 0.15) is 18.1 Å². The van der Waals surface area contributed by atoms with Gasteiger partial charge in [0.15, 0.2) is 0 Å². The number of sulfonamides is 1. The first-order chi connectivity index (χ1) is 10.9. The minimum Gasteiger partial charge on any atom is -0.206 e. The molecule has 0 aliphatic rings. The molecular weight excluding hydrogens is 315 g/mol. The fraction of sp³-hybridized carbons (Fsp3) is 0.118. The highest BCUT2D eigenvalue weighted by Gasteiger charge is 2.11. The minimum atomic E-state index is -3.71. The first-order valence-corrected chi connectivity index (χ1v) is 8.42. The van der Waals surface area contributed by atoms with Crippen LogP contribution in [0.25, 0.3) is 6.08 Å². The number of hydrazone groups is 1. The normalized spacial score (nSPS) is 12.6. The third kappa shape index (κ3) is 4.75. The summed E-state index contributed by atoms with van der Waals surface area (Å²) in [5.74, 6) is -0.350. The average molecular weight is 332 g/mol. The van der Waals surface area contributed by atoms with Gasteiger partial charge in [-0.15, -0.1) is 0 Å². The molecule has 0 aliphatic heterocycles. The van der Waals surface area contributed by atoms with Crippen molar-refractivity contribution in [3.63, 3.8) is 0 Å². The molecule has 0 saturated carbocycles. The fourth-order valence-corrected chi connectivity index (χ4v) is 2.62. The van der Waals surface area contributed by atoms with Crippen molar-refractivity contribution >= 4 is 21.8 Å². The highest BCUT2D eigenvalue weighted by Crippen LogP contribution is 2.10.